The first-order valence-corrected chi connectivity index (χ1v) is 7.42. The molecule has 2 aromatic rings. The summed E-state index contributed by atoms with van der Waals surface area (Å²) in [7, 11) is 3.33. The highest BCUT2D eigenvalue weighted by molar-refractivity contribution is 14.1. The Labute approximate surface area is 136 Å². The van der Waals surface area contributed by atoms with E-state index in [1.807, 2.05) is 46.9 Å². The summed E-state index contributed by atoms with van der Waals surface area (Å²) in [6, 6.07) is 11.7. The summed E-state index contributed by atoms with van der Waals surface area (Å²) in [6.07, 6.45) is 0. The Morgan fingerprint density at radius 1 is 1.29 bits per heavy atom. The van der Waals surface area contributed by atoms with Gasteiger partial charge in [0.1, 0.15) is 11.6 Å². The van der Waals surface area contributed by atoms with Gasteiger partial charge in [0.25, 0.3) is 5.91 Å². The van der Waals surface area contributed by atoms with Crippen molar-refractivity contribution in [2.24, 2.45) is 0 Å². The molecule has 21 heavy (non-hydrogen) atoms. The minimum atomic E-state index is -0.341. The van der Waals surface area contributed by atoms with Crippen LogP contribution in [0.3, 0.4) is 0 Å². The Hall–Kier alpha value is -1.63. The molecule has 0 heterocycles. The van der Waals surface area contributed by atoms with Crippen LogP contribution in [0.1, 0.15) is 15.9 Å². The number of benzene rings is 2. The van der Waals surface area contributed by atoms with Crippen molar-refractivity contribution < 1.29 is 13.9 Å². The first-order chi connectivity index (χ1) is 10.0. The van der Waals surface area contributed by atoms with Crippen molar-refractivity contribution in [3.8, 4) is 5.75 Å². The van der Waals surface area contributed by atoms with Crippen molar-refractivity contribution in [2.75, 3.05) is 14.2 Å². The SMILES string of the molecule is COc1cccc(CN(C)C(=O)c2ccc(F)cc2I)c1. The fourth-order valence-electron chi connectivity index (χ4n) is 1.99. The highest BCUT2D eigenvalue weighted by atomic mass is 127. The molecule has 0 spiro atoms. The lowest BCUT2D eigenvalue weighted by molar-refractivity contribution is 0.0784. The molecule has 110 valence electrons. The van der Waals surface area contributed by atoms with E-state index >= 15 is 0 Å². The van der Waals surface area contributed by atoms with E-state index in [1.165, 1.54) is 18.2 Å². The largest absolute Gasteiger partial charge is 0.497 e. The summed E-state index contributed by atoms with van der Waals surface area (Å²) < 4.78 is 18.9. The number of hydrogen-bond acceptors (Lipinski definition) is 2. The molecule has 0 N–H and O–H groups in total. The number of carbonyl (C=O) groups excluding carboxylic acids is 1. The normalized spacial score (nSPS) is 10.3. The van der Waals surface area contributed by atoms with Gasteiger partial charge in [-0.15, -0.1) is 0 Å². The number of hydrogen-bond donors (Lipinski definition) is 0. The molecule has 0 aliphatic heterocycles. The molecular formula is C16H15FINO2. The Bertz CT molecular complexity index is 660. The molecule has 5 heteroatoms. The molecule has 0 bridgehead atoms. The molecule has 0 saturated heterocycles. The van der Waals surface area contributed by atoms with Crippen LogP contribution in [0.5, 0.6) is 5.75 Å². The molecule has 2 aromatic carbocycles. The van der Waals surface area contributed by atoms with E-state index in [9.17, 15) is 9.18 Å². The quantitative estimate of drug-likeness (QED) is 0.734. The predicted octanol–water partition coefficient (Wildman–Crippen LogP) is 3.71. The Morgan fingerprint density at radius 3 is 2.71 bits per heavy atom. The van der Waals surface area contributed by atoms with Crippen molar-refractivity contribution in [1.82, 2.24) is 4.90 Å². The summed E-state index contributed by atoms with van der Waals surface area (Å²) in [4.78, 5) is 14.0. The predicted molar refractivity (Wildman–Crippen MR) is 87.9 cm³/mol. The minimum Gasteiger partial charge on any atom is -0.497 e. The number of ether oxygens (including phenoxy) is 1. The number of rotatable bonds is 4. The molecule has 0 aliphatic rings. The van der Waals surface area contributed by atoms with Crippen molar-refractivity contribution >= 4 is 28.5 Å². The van der Waals surface area contributed by atoms with Crippen LogP contribution in [0.25, 0.3) is 0 Å². The lowest BCUT2D eigenvalue weighted by Gasteiger charge is -2.18. The third kappa shape index (κ3) is 3.93. The van der Waals surface area contributed by atoms with Gasteiger partial charge in [-0.3, -0.25) is 4.79 Å². The van der Waals surface area contributed by atoms with Gasteiger partial charge in [0.2, 0.25) is 0 Å². The highest BCUT2D eigenvalue weighted by Gasteiger charge is 2.15. The lowest BCUT2D eigenvalue weighted by Crippen LogP contribution is -2.27. The summed E-state index contributed by atoms with van der Waals surface area (Å²) in [6.45, 7) is 0.462. The van der Waals surface area contributed by atoms with Crippen molar-refractivity contribution in [3.05, 3.63) is 63.0 Å². The smallest absolute Gasteiger partial charge is 0.254 e. The Kier molecular flexibility index (Phi) is 5.17. The fourth-order valence-corrected chi connectivity index (χ4v) is 2.69. The zero-order valence-electron chi connectivity index (χ0n) is 11.8. The molecule has 0 radical (unpaired) electrons. The van der Waals surface area contributed by atoms with Gasteiger partial charge in [-0.1, -0.05) is 12.1 Å². The van der Waals surface area contributed by atoms with Crippen LogP contribution < -0.4 is 4.74 Å². The van der Waals surface area contributed by atoms with Gasteiger partial charge in [-0.05, 0) is 58.5 Å². The van der Waals surface area contributed by atoms with Gasteiger partial charge in [-0.2, -0.15) is 0 Å². The van der Waals surface area contributed by atoms with E-state index < -0.39 is 0 Å². The number of halogens is 2. The van der Waals surface area contributed by atoms with E-state index in [1.54, 1.807) is 19.1 Å². The van der Waals surface area contributed by atoms with E-state index in [0.29, 0.717) is 15.7 Å². The maximum absolute atomic E-state index is 13.1. The van der Waals surface area contributed by atoms with Crippen LogP contribution in [0.15, 0.2) is 42.5 Å². The van der Waals surface area contributed by atoms with Crippen molar-refractivity contribution in [2.45, 2.75) is 6.54 Å². The number of amides is 1. The third-order valence-corrected chi connectivity index (χ3v) is 3.95. The van der Waals surface area contributed by atoms with Crippen LogP contribution in [0, 0.1) is 9.39 Å². The molecule has 0 fully saturated rings. The number of nitrogens with zero attached hydrogens (tertiary/aromatic N) is 1. The summed E-state index contributed by atoms with van der Waals surface area (Å²) in [5, 5.41) is 0. The molecule has 0 aliphatic carbocycles. The molecule has 0 saturated carbocycles. The fraction of sp³-hybridized carbons (Fsp3) is 0.188. The highest BCUT2D eigenvalue weighted by Crippen LogP contribution is 2.18. The lowest BCUT2D eigenvalue weighted by atomic mass is 10.1. The summed E-state index contributed by atoms with van der Waals surface area (Å²) in [5.74, 6) is 0.276. The monoisotopic (exact) mass is 399 g/mol. The number of methoxy groups -OCH3 is 1. The molecule has 3 nitrogen and oxygen atoms in total. The van der Waals surface area contributed by atoms with Crippen LogP contribution in [0.4, 0.5) is 4.39 Å². The molecular weight excluding hydrogens is 384 g/mol. The standard InChI is InChI=1S/C16H15FINO2/c1-19(10-11-4-3-5-13(8-11)21-2)16(20)14-7-6-12(17)9-15(14)18/h3-9H,10H2,1-2H3. The first kappa shape index (κ1) is 15.8. The molecule has 0 unspecified atom stereocenters. The molecule has 2 rings (SSSR count). The zero-order valence-corrected chi connectivity index (χ0v) is 13.9. The van der Waals surface area contributed by atoms with Crippen LogP contribution in [0.2, 0.25) is 0 Å². The van der Waals surface area contributed by atoms with E-state index in [4.69, 9.17) is 4.74 Å². The van der Waals surface area contributed by atoms with Gasteiger partial charge in [0, 0.05) is 17.2 Å². The van der Waals surface area contributed by atoms with Gasteiger partial charge in [0.05, 0.1) is 12.7 Å². The average Bonchev–Trinajstić information content (AvgIpc) is 2.46. The molecule has 0 atom stereocenters. The maximum Gasteiger partial charge on any atom is 0.254 e. The van der Waals surface area contributed by atoms with Gasteiger partial charge in [0.15, 0.2) is 0 Å². The molecule has 0 aromatic heterocycles. The Morgan fingerprint density at radius 2 is 2.05 bits per heavy atom. The van der Waals surface area contributed by atoms with Crippen molar-refractivity contribution in [1.29, 1.82) is 0 Å². The second-order valence-corrected chi connectivity index (χ2v) is 5.80. The van der Waals surface area contributed by atoms with Gasteiger partial charge >= 0.3 is 0 Å². The molecule has 1 amide bonds. The first-order valence-electron chi connectivity index (χ1n) is 6.34. The average molecular weight is 399 g/mol. The number of carbonyl (C=O) groups is 1. The van der Waals surface area contributed by atoms with Crippen LogP contribution >= 0.6 is 22.6 Å². The Balaban J connectivity index is 2.15. The van der Waals surface area contributed by atoms with Crippen molar-refractivity contribution in [3.63, 3.8) is 0 Å². The topological polar surface area (TPSA) is 29.5 Å². The second-order valence-electron chi connectivity index (χ2n) is 4.64. The second kappa shape index (κ2) is 6.89. The summed E-state index contributed by atoms with van der Waals surface area (Å²) in [5.41, 5.74) is 1.48. The van der Waals surface area contributed by atoms with E-state index in [-0.39, 0.29) is 11.7 Å². The van der Waals surface area contributed by atoms with E-state index in [2.05, 4.69) is 0 Å². The zero-order chi connectivity index (χ0) is 15.4. The van der Waals surface area contributed by atoms with Gasteiger partial charge in [-0.25, -0.2) is 4.39 Å². The maximum atomic E-state index is 13.1. The van der Waals surface area contributed by atoms with Crippen LogP contribution in [-0.4, -0.2) is 25.0 Å². The summed E-state index contributed by atoms with van der Waals surface area (Å²) >= 11 is 1.97. The minimum absolute atomic E-state index is 0.137. The third-order valence-electron chi connectivity index (χ3n) is 3.06. The van der Waals surface area contributed by atoms with E-state index in [0.717, 1.165) is 11.3 Å². The van der Waals surface area contributed by atoms with Crippen LogP contribution in [-0.2, 0) is 6.54 Å². The van der Waals surface area contributed by atoms with Gasteiger partial charge < -0.3 is 9.64 Å².